The molecule has 0 aromatic heterocycles. The first-order valence-electron chi connectivity index (χ1n) is 11.0. The van der Waals surface area contributed by atoms with Crippen LogP contribution in [-0.4, -0.2) is 68.1 Å². The van der Waals surface area contributed by atoms with Crippen LogP contribution in [0.5, 0.6) is 0 Å². The zero-order chi connectivity index (χ0) is 20.6. The maximum absolute atomic E-state index is 3.26. The molecule has 1 N–H and O–H groups in total. The third-order valence-electron chi connectivity index (χ3n) is 5.94. The lowest BCUT2D eigenvalue weighted by molar-refractivity contribution is -0.680. The molecular formula is C25H37N4+. The molecule has 4 nitrogen and oxygen atoms in total. The van der Waals surface area contributed by atoms with E-state index in [-0.39, 0.29) is 0 Å². The van der Waals surface area contributed by atoms with E-state index < -0.39 is 0 Å². The molecule has 0 amide bonds. The third-order valence-corrected chi connectivity index (χ3v) is 5.94. The molecule has 2 aromatic carbocycles. The Kier molecular flexibility index (Phi) is 7.84. The zero-order valence-corrected chi connectivity index (χ0v) is 18.5. The lowest BCUT2D eigenvalue weighted by Gasteiger charge is -2.26. The standard InChI is InChI=1S/C25H37N4/c1-5-6-17-29-20-24(19-27(3)18-16-26-2)25(28(29)4)23-14-12-22(13-15-23)21-10-8-7-9-11-21/h7-15,20,24-26H,5-6,16-19H2,1-4H3/q+1. The van der Waals surface area contributed by atoms with Gasteiger partial charge in [0.1, 0.15) is 6.04 Å². The summed E-state index contributed by atoms with van der Waals surface area (Å²) in [7, 11) is 6.50. The molecule has 1 aliphatic heterocycles. The van der Waals surface area contributed by atoms with Gasteiger partial charge < -0.3 is 10.2 Å². The summed E-state index contributed by atoms with van der Waals surface area (Å²) in [6.45, 7) is 6.52. The van der Waals surface area contributed by atoms with Crippen LogP contribution in [0.2, 0.25) is 0 Å². The minimum atomic E-state index is 0.383. The molecule has 2 unspecified atom stereocenters. The van der Waals surface area contributed by atoms with E-state index in [0.717, 1.165) is 26.2 Å². The summed E-state index contributed by atoms with van der Waals surface area (Å²) >= 11 is 0. The Bertz CT molecular complexity index is 769. The van der Waals surface area contributed by atoms with Gasteiger partial charge in [-0.25, -0.2) is 0 Å². The Balaban J connectivity index is 1.80. The van der Waals surface area contributed by atoms with E-state index >= 15 is 0 Å². The zero-order valence-electron chi connectivity index (χ0n) is 18.5. The fraction of sp³-hybridized carbons (Fsp3) is 0.480. The number of unbranched alkanes of at least 4 members (excludes halogenated alkanes) is 1. The van der Waals surface area contributed by atoms with Crippen LogP contribution in [0.4, 0.5) is 0 Å². The van der Waals surface area contributed by atoms with Crippen molar-refractivity contribution in [3.8, 4) is 11.1 Å². The monoisotopic (exact) mass is 393 g/mol. The van der Waals surface area contributed by atoms with Crippen molar-refractivity contribution in [1.29, 1.82) is 0 Å². The number of hydrazine groups is 1. The van der Waals surface area contributed by atoms with Crippen molar-refractivity contribution in [3.63, 3.8) is 0 Å². The highest BCUT2D eigenvalue weighted by atomic mass is 15.6. The molecule has 2 aromatic rings. The van der Waals surface area contributed by atoms with Crippen LogP contribution >= 0.6 is 0 Å². The summed E-state index contributed by atoms with van der Waals surface area (Å²) in [6, 6.07) is 20.2. The van der Waals surface area contributed by atoms with Crippen LogP contribution in [0.1, 0.15) is 31.4 Å². The van der Waals surface area contributed by atoms with E-state index in [9.17, 15) is 0 Å². The average molecular weight is 394 g/mol. The Hall–Kier alpha value is -2.17. The first kappa shape index (κ1) is 21.5. The number of nitrogens with zero attached hydrogens (tertiary/aromatic N) is 3. The fourth-order valence-electron chi connectivity index (χ4n) is 4.26. The van der Waals surface area contributed by atoms with Crippen molar-refractivity contribution < 1.29 is 4.68 Å². The largest absolute Gasteiger partial charge is 0.318 e. The Morgan fingerprint density at radius 3 is 2.38 bits per heavy atom. The Morgan fingerprint density at radius 2 is 1.72 bits per heavy atom. The Morgan fingerprint density at radius 1 is 1.03 bits per heavy atom. The maximum Gasteiger partial charge on any atom is 0.177 e. The van der Waals surface area contributed by atoms with E-state index in [0.29, 0.717) is 12.0 Å². The van der Waals surface area contributed by atoms with Gasteiger partial charge in [-0.2, -0.15) is 5.01 Å². The highest BCUT2D eigenvalue weighted by molar-refractivity contribution is 5.64. The number of rotatable bonds is 10. The topological polar surface area (TPSA) is 21.5 Å². The van der Waals surface area contributed by atoms with Crippen molar-refractivity contribution in [1.82, 2.24) is 15.2 Å². The quantitative estimate of drug-likeness (QED) is 0.619. The normalized spacial score (nSPS) is 19.1. The molecule has 0 saturated carbocycles. The van der Waals surface area contributed by atoms with Gasteiger partial charge in [0.15, 0.2) is 12.8 Å². The van der Waals surface area contributed by atoms with E-state index in [1.54, 1.807) is 0 Å². The molecule has 156 valence electrons. The predicted molar refractivity (Wildman–Crippen MR) is 123 cm³/mol. The molecule has 0 fully saturated rings. The van der Waals surface area contributed by atoms with E-state index in [1.165, 1.54) is 29.5 Å². The van der Waals surface area contributed by atoms with Crippen LogP contribution in [0.15, 0.2) is 54.6 Å². The summed E-state index contributed by atoms with van der Waals surface area (Å²) in [5.41, 5.74) is 3.96. The number of hydrogen-bond donors (Lipinski definition) is 1. The van der Waals surface area contributed by atoms with Crippen molar-refractivity contribution in [2.24, 2.45) is 5.92 Å². The summed E-state index contributed by atoms with van der Waals surface area (Å²) < 4.78 is 2.44. The summed E-state index contributed by atoms with van der Waals surface area (Å²) in [4.78, 5) is 2.44. The van der Waals surface area contributed by atoms with Crippen molar-refractivity contribution in [3.05, 3.63) is 60.2 Å². The molecular weight excluding hydrogens is 356 g/mol. The van der Waals surface area contributed by atoms with Crippen molar-refractivity contribution >= 4 is 6.21 Å². The number of benzene rings is 2. The number of hydrazone groups is 1. The highest BCUT2D eigenvalue weighted by Crippen LogP contribution is 2.33. The summed E-state index contributed by atoms with van der Waals surface area (Å²) in [6.07, 6.45) is 4.91. The van der Waals surface area contributed by atoms with Gasteiger partial charge >= 0.3 is 0 Å². The highest BCUT2D eigenvalue weighted by Gasteiger charge is 2.39. The minimum absolute atomic E-state index is 0.383. The van der Waals surface area contributed by atoms with Crippen molar-refractivity contribution in [2.75, 3.05) is 47.3 Å². The minimum Gasteiger partial charge on any atom is -0.318 e. The molecule has 1 heterocycles. The molecule has 29 heavy (non-hydrogen) atoms. The van der Waals surface area contributed by atoms with Gasteiger partial charge in [0.2, 0.25) is 0 Å². The molecule has 3 rings (SSSR count). The summed E-state index contributed by atoms with van der Waals surface area (Å²) in [5, 5.41) is 5.71. The van der Waals surface area contributed by atoms with Gasteiger partial charge in [-0.1, -0.05) is 67.9 Å². The van der Waals surface area contributed by atoms with Crippen LogP contribution in [-0.2, 0) is 0 Å². The average Bonchev–Trinajstić information content (AvgIpc) is 3.06. The van der Waals surface area contributed by atoms with Crippen molar-refractivity contribution in [2.45, 2.75) is 25.8 Å². The van der Waals surface area contributed by atoms with E-state index in [4.69, 9.17) is 0 Å². The second-order valence-electron chi connectivity index (χ2n) is 8.20. The van der Waals surface area contributed by atoms with E-state index in [2.05, 4.69) is 102 Å². The molecule has 4 heteroatoms. The second kappa shape index (κ2) is 10.6. The molecule has 0 spiro atoms. The smallest absolute Gasteiger partial charge is 0.177 e. The third kappa shape index (κ3) is 5.46. The molecule has 0 radical (unpaired) electrons. The molecule has 2 atom stereocenters. The van der Waals surface area contributed by atoms with E-state index in [1.807, 2.05) is 7.05 Å². The predicted octanol–water partition coefficient (Wildman–Crippen LogP) is 3.91. The van der Waals surface area contributed by atoms with Gasteiger partial charge in [-0.3, -0.25) is 0 Å². The summed E-state index contributed by atoms with van der Waals surface area (Å²) in [5.74, 6) is 0.487. The first-order valence-corrected chi connectivity index (χ1v) is 11.0. The number of nitrogens with one attached hydrogen (secondary N) is 1. The van der Waals surface area contributed by atoms with Crippen LogP contribution in [0.25, 0.3) is 11.1 Å². The van der Waals surface area contributed by atoms with Crippen LogP contribution in [0, 0.1) is 5.92 Å². The fourth-order valence-corrected chi connectivity index (χ4v) is 4.26. The Labute approximate surface area is 176 Å². The lowest BCUT2D eigenvalue weighted by Crippen LogP contribution is -2.36. The number of likely N-dealkylation sites (N-methyl/N-ethyl adjacent to an activating group) is 2. The van der Waals surface area contributed by atoms with Crippen LogP contribution in [0.3, 0.4) is 0 Å². The number of hydrogen-bond acceptors (Lipinski definition) is 3. The first-order chi connectivity index (χ1) is 14.1. The van der Waals surface area contributed by atoms with Gasteiger partial charge in [-0.05, 0) is 30.8 Å². The molecule has 0 aliphatic carbocycles. The molecule has 0 saturated heterocycles. The second-order valence-corrected chi connectivity index (χ2v) is 8.20. The molecule has 0 bridgehead atoms. The molecule has 1 aliphatic rings. The van der Waals surface area contributed by atoms with Gasteiger partial charge in [0.25, 0.3) is 0 Å². The van der Waals surface area contributed by atoms with Crippen LogP contribution < -0.4 is 5.32 Å². The maximum atomic E-state index is 3.26. The lowest BCUT2D eigenvalue weighted by atomic mass is 9.92. The van der Waals surface area contributed by atoms with Gasteiger partial charge in [-0.15, -0.1) is 4.68 Å². The SMILES string of the molecule is CCCC[N+]1=CC(CN(C)CCNC)C(c2ccc(-c3ccccc3)cc2)N1C. The van der Waals surface area contributed by atoms with Gasteiger partial charge in [0.05, 0.1) is 13.0 Å². The van der Waals surface area contributed by atoms with Gasteiger partial charge in [0, 0.05) is 26.1 Å².